The quantitative estimate of drug-likeness (QED) is 0.220. The van der Waals surface area contributed by atoms with Gasteiger partial charge in [-0.05, 0) is 46.1 Å². The Hall–Kier alpha value is -3.89. The summed E-state index contributed by atoms with van der Waals surface area (Å²) in [6, 6.07) is 4.76. The van der Waals surface area contributed by atoms with E-state index < -0.39 is 41.0 Å². The number of hydrogen-bond acceptors (Lipinski definition) is 9. The van der Waals surface area contributed by atoms with E-state index >= 15 is 0 Å². The summed E-state index contributed by atoms with van der Waals surface area (Å²) in [7, 11) is 0. The smallest absolute Gasteiger partial charge is 0.413 e. The van der Waals surface area contributed by atoms with Crippen molar-refractivity contribution in [2.24, 2.45) is 5.92 Å². The topological polar surface area (TPSA) is 146 Å². The highest BCUT2D eigenvalue weighted by molar-refractivity contribution is 5.93. The number of nitro groups is 1. The average Bonchev–Trinajstić information content (AvgIpc) is 2.78. The molecular formula is C25H33N3O8. The van der Waals surface area contributed by atoms with E-state index in [1.54, 1.807) is 54.5 Å². The molecule has 11 nitrogen and oxygen atoms in total. The fourth-order valence-electron chi connectivity index (χ4n) is 3.78. The Balaban J connectivity index is 2.52. The van der Waals surface area contributed by atoms with Gasteiger partial charge in [-0.3, -0.25) is 10.1 Å². The number of esters is 2. The van der Waals surface area contributed by atoms with E-state index in [4.69, 9.17) is 14.2 Å². The number of amides is 1. The first-order chi connectivity index (χ1) is 16.9. The zero-order chi connectivity index (χ0) is 27.2. The van der Waals surface area contributed by atoms with Gasteiger partial charge in [0.25, 0.3) is 5.69 Å². The minimum atomic E-state index is -0.983. The van der Waals surface area contributed by atoms with E-state index in [1.807, 2.05) is 0 Å². The Morgan fingerprint density at radius 3 is 2.36 bits per heavy atom. The third-order valence-electron chi connectivity index (χ3n) is 5.36. The number of rotatable bonds is 9. The first-order valence-corrected chi connectivity index (χ1v) is 11.7. The van der Waals surface area contributed by atoms with Gasteiger partial charge in [0.05, 0.1) is 34.8 Å². The number of hydrogen-bond donors (Lipinski definition) is 2. The molecule has 11 heteroatoms. The molecule has 0 bridgehead atoms. The molecular weight excluding hydrogens is 470 g/mol. The summed E-state index contributed by atoms with van der Waals surface area (Å²) in [5, 5.41) is 17.0. The van der Waals surface area contributed by atoms with Gasteiger partial charge in [-0.1, -0.05) is 26.0 Å². The molecule has 0 radical (unpaired) electrons. The van der Waals surface area contributed by atoms with E-state index in [9.17, 15) is 24.5 Å². The highest BCUT2D eigenvalue weighted by Gasteiger charge is 2.38. The Bertz CT molecular complexity index is 1090. The maximum atomic E-state index is 13.1. The Kier molecular flexibility index (Phi) is 9.60. The lowest BCUT2D eigenvalue weighted by Crippen LogP contribution is -2.46. The van der Waals surface area contributed by atoms with Crippen molar-refractivity contribution in [3.63, 3.8) is 0 Å². The Morgan fingerprint density at radius 1 is 1.14 bits per heavy atom. The third-order valence-corrected chi connectivity index (χ3v) is 5.36. The summed E-state index contributed by atoms with van der Waals surface area (Å²) in [6.45, 7) is 12.0. The summed E-state index contributed by atoms with van der Waals surface area (Å²) >= 11 is 0. The van der Waals surface area contributed by atoms with Crippen LogP contribution in [0.25, 0.3) is 0 Å². The standard InChI is InChI=1S/C25H33N3O8/c1-8-34-24(30)21(13(2)3)27-25(31)36-22-16(7)26-15(6)19(23(29)35-14(4)5)20(22)17-10-9-11-18(12-17)28(32)33/h9-14,20-21,26H,8H2,1-7H3,(H,27,31)/t20-,21-/m1/s1. The summed E-state index contributed by atoms with van der Waals surface area (Å²) in [6.07, 6.45) is -1.37. The maximum absolute atomic E-state index is 13.1. The fourth-order valence-corrected chi connectivity index (χ4v) is 3.78. The van der Waals surface area contributed by atoms with Crippen LogP contribution in [0.5, 0.6) is 0 Å². The van der Waals surface area contributed by atoms with Crippen LogP contribution < -0.4 is 10.6 Å². The first-order valence-electron chi connectivity index (χ1n) is 11.7. The zero-order valence-electron chi connectivity index (χ0n) is 21.5. The minimum absolute atomic E-state index is 0.0423. The number of benzene rings is 1. The van der Waals surface area contributed by atoms with E-state index in [0.717, 1.165) is 0 Å². The second-order valence-electron chi connectivity index (χ2n) is 8.90. The van der Waals surface area contributed by atoms with Crippen molar-refractivity contribution in [3.05, 3.63) is 62.7 Å². The molecule has 1 heterocycles. The lowest BCUT2D eigenvalue weighted by molar-refractivity contribution is -0.384. The van der Waals surface area contributed by atoms with Crippen molar-refractivity contribution in [2.75, 3.05) is 6.61 Å². The second-order valence-corrected chi connectivity index (χ2v) is 8.90. The number of alkyl carbamates (subject to hydrolysis) is 1. The van der Waals surface area contributed by atoms with Crippen molar-refractivity contribution < 1.29 is 33.5 Å². The summed E-state index contributed by atoms with van der Waals surface area (Å²) in [5.41, 5.74) is 1.17. The molecule has 0 fully saturated rings. The van der Waals surface area contributed by atoms with Crippen LogP contribution >= 0.6 is 0 Å². The normalized spacial score (nSPS) is 16.4. The number of nitro benzene ring substituents is 1. The molecule has 0 saturated carbocycles. The van der Waals surface area contributed by atoms with Crippen molar-refractivity contribution in [1.29, 1.82) is 0 Å². The molecule has 1 amide bonds. The monoisotopic (exact) mass is 503 g/mol. The maximum Gasteiger partial charge on any atom is 0.413 e. The molecule has 1 aromatic rings. The number of non-ortho nitro benzene ring substituents is 1. The van der Waals surface area contributed by atoms with Gasteiger partial charge >= 0.3 is 18.0 Å². The predicted octanol–water partition coefficient (Wildman–Crippen LogP) is 4.05. The van der Waals surface area contributed by atoms with Gasteiger partial charge in [-0.15, -0.1) is 0 Å². The number of ether oxygens (including phenoxy) is 3. The van der Waals surface area contributed by atoms with E-state index in [1.165, 1.54) is 18.2 Å². The molecule has 0 aliphatic carbocycles. The number of carbonyl (C=O) groups excluding carboxylic acids is 3. The van der Waals surface area contributed by atoms with Crippen LogP contribution in [0.4, 0.5) is 10.5 Å². The molecule has 2 atom stereocenters. The largest absolute Gasteiger partial charge is 0.464 e. The SMILES string of the molecule is CCOC(=O)[C@H](NC(=O)OC1=C(C)NC(C)=C(C(=O)OC(C)C)[C@H]1c1cccc([N+](=O)[O-])c1)C(C)C. The van der Waals surface area contributed by atoms with Crippen molar-refractivity contribution >= 4 is 23.7 Å². The molecule has 0 aromatic heterocycles. The van der Waals surface area contributed by atoms with Crippen LogP contribution in [-0.2, 0) is 23.8 Å². The summed E-state index contributed by atoms with van der Waals surface area (Å²) < 4.78 is 16.1. The van der Waals surface area contributed by atoms with Crippen LogP contribution in [0.15, 0.2) is 47.0 Å². The van der Waals surface area contributed by atoms with E-state index in [0.29, 0.717) is 17.0 Å². The van der Waals surface area contributed by atoms with Crippen LogP contribution in [0.1, 0.15) is 59.9 Å². The number of nitrogens with zero attached hydrogens (tertiary/aromatic N) is 1. The molecule has 36 heavy (non-hydrogen) atoms. The molecule has 0 unspecified atom stereocenters. The van der Waals surface area contributed by atoms with Crippen LogP contribution in [0.3, 0.4) is 0 Å². The van der Waals surface area contributed by atoms with Gasteiger partial charge < -0.3 is 24.8 Å². The summed E-state index contributed by atoms with van der Waals surface area (Å²) in [4.78, 5) is 49.2. The lowest BCUT2D eigenvalue weighted by Gasteiger charge is -2.31. The highest BCUT2D eigenvalue weighted by atomic mass is 16.6. The van der Waals surface area contributed by atoms with Gasteiger partial charge in [0.2, 0.25) is 0 Å². The third kappa shape index (κ3) is 6.83. The van der Waals surface area contributed by atoms with Gasteiger partial charge in [0.15, 0.2) is 0 Å². The van der Waals surface area contributed by atoms with Gasteiger partial charge in [0, 0.05) is 17.8 Å². The Labute approximate surface area is 210 Å². The van der Waals surface area contributed by atoms with Crippen molar-refractivity contribution in [2.45, 2.75) is 66.5 Å². The number of carbonyl (C=O) groups is 3. The van der Waals surface area contributed by atoms with Gasteiger partial charge in [-0.25, -0.2) is 14.4 Å². The van der Waals surface area contributed by atoms with Crippen LogP contribution in [-0.4, -0.2) is 41.7 Å². The molecule has 2 N–H and O–H groups in total. The van der Waals surface area contributed by atoms with Gasteiger partial charge in [-0.2, -0.15) is 0 Å². The van der Waals surface area contributed by atoms with E-state index in [-0.39, 0.29) is 29.5 Å². The number of nitrogens with one attached hydrogen (secondary N) is 2. The fraction of sp³-hybridized carbons (Fsp3) is 0.480. The molecule has 1 aromatic carbocycles. The summed E-state index contributed by atoms with van der Waals surface area (Å²) in [5.74, 6) is -2.50. The second kappa shape index (κ2) is 12.2. The van der Waals surface area contributed by atoms with Crippen LogP contribution in [0.2, 0.25) is 0 Å². The van der Waals surface area contributed by atoms with Crippen molar-refractivity contribution in [1.82, 2.24) is 10.6 Å². The number of allylic oxidation sites excluding steroid dienone is 3. The molecule has 1 aliphatic rings. The Morgan fingerprint density at radius 2 is 1.81 bits per heavy atom. The first kappa shape index (κ1) is 28.3. The molecule has 196 valence electrons. The number of dihydropyridines is 1. The molecule has 1 aliphatic heterocycles. The molecule has 2 rings (SSSR count). The molecule has 0 saturated heterocycles. The molecule has 0 spiro atoms. The van der Waals surface area contributed by atoms with Gasteiger partial charge in [0.1, 0.15) is 11.8 Å². The van der Waals surface area contributed by atoms with Crippen molar-refractivity contribution in [3.8, 4) is 0 Å². The van der Waals surface area contributed by atoms with E-state index in [2.05, 4.69) is 10.6 Å². The predicted molar refractivity (Wildman–Crippen MR) is 130 cm³/mol. The lowest BCUT2D eigenvalue weighted by atomic mass is 9.85. The average molecular weight is 504 g/mol. The minimum Gasteiger partial charge on any atom is -0.464 e. The zero-order valence-corrected chi connectivity index (χ0v) is 21.5. The highest BCUT2D eigenvalue weighted by Crippen LogP contribution is 2.40. The van der Waals surface area contributed by atoms with Crippen LogP contribution in [0, 0.1) is 16.0 Å².